The van der Waals surface area contributed by atoms with Crippen molar-refractivity contribution in [3.8, 4) is 5.75 Å². The van der Waals surface area contributed by atoms with Crippen molar-refractivity contribution in [2.45, 2.75) is 39.3 Å². The minimum Gasteiger partial charge on any atom is -0.492 e. The topological polar surface area (TPSA) is 24.5 Å². The van der Waals surface area contributed by atoms with Gasteiger partial charge in [0.1, 0.15) is 5.75 Å². The number of rotatable bonds is 7. The van der Waals surface area contributed by atoms with E-state index in [1.165, 1.54) is 24.9 Å². The second-order valence-corrected chi connectivity index (χ2v) is 7.13. The minimum absolute atomic E-state index is 0.680. The first kappa shape index (κ1) is 17.3. The predicted molar refractivity (Wildman–Crippen MR) is 95.0 cm³/mol. The van der Waals surface area contributed by atoms with Gasteiger partial charge in [0.2, 0.25) is 0 Å². The summed E-state index contributed by atoms with van der Waals surface area (Å²) in [5.74, 6) is 0.951. The van der Waals surface area contributed by atoms with E-state index < -0.39 is 0 Å². The molecule has 1 heterocycles. The van der Waals surface area contributed by atoms with E-state index in [1.807, 2.05) is 13.0 Å². The second kappa shape index (κ2) is 8.51. The van der Waals surface area contributed by atoms with Crippen LogP contribution in [-0.2, 0) is 6.54 Å². The summed E-state index contributed by atoms with van der Waals surface area (Å²) < 4.78 is 7.85. The Kier molecular flexibility index (Phi) is 6.99. The Morgan fingerprint density at radius 3 is 2.86 bits per heavy atom. The van der Waals surface area contributed by atoms with Crippen LogP contribution in [0.2, 0.25) is 0 Å². The highest BCUT2D eigenvalue weighted by Gasteiger charge is 2.22. The highest BCUT2D eigenvalue weighted by molar-refractivity contribution is 9.11. The third-order valence-electron chi connectivity index (χ3n) is 3.97. The van der Waals surface area contributed by atoms with Gasteiger partial charge in [-0.2, -0.15) is 0 Å². The molecule has 3 nitrogen and oxygen atoms in total. The van der Waals surface area contributed by atoms with Crippen LogP contribution in [0.3, 0.4) is 0 Å². The normalized spacial score (nSPS) is 19.1. The number of likely N-dealkylation sites (N-methyl/N-ethyl adjacent to an activating group) is 1. The van der Waals surface area contributed by atoms with Crippen LogP contribution in [0.25, 0.3) is 0 Å². The van der Waals surface area contributed by atoms with Crippen molar-refractivity contribution < 1.29 is 4.74 Å². The summed E-state index contributed by atoms with van der Waals surface area (Å²) in [5.41, 5.74) is 1.19. The average molecular weight is 420 g/mol. The Labute approximate surface area is 144 Å². The van der Waals surface area contributed by atoms with Gasteiger partial charge in [-0.05, 0) is 60.9 Å². The van der Waals surface area contributed by atoms with Gasteiger partial charge in [0.15, 0.2) is 0 Å². The van der Waals surface area contributed by atoms with E-state index in [2.05, 4.69) is 55.1 Å². The molecule has 0 bridgehead atoms. The molecule has 0 amide bonds. The van der Waals surface area contributed by atoms with Crippen molar-refractivity contribution in [2.24, 2.45) is 0 Å². The maximum Gasteiger partial charge on any atom is 0.138 e. The molecule has 21 heavy (non-hydrogen) atoms. The molecule has 1 aliphatic heterocycles. The quantitative estimate of drug-likeness (QED) is 0.717. The number of hydrogen-bond acceptors (Lipinski definition) is 3. The van der Waals surface area contributed by atoms with Gasteiger partial charge in [0, 0.05) is 29.2 Å². The molecular weight excluding hydrogens is 396 g/mol. The first-order valence-electron chi connectivity index (χ1n) is 7.71. The molecule has 1 fully saturated rings. The lowest BCUT2D eigenvalue weighted by Gasteiger charge is -2.23. The number of ether oxygens (including phenoxy) is 1. The van der Waals surface area contributed by atoms with E-state index in [4.69, 9.17) is 4.74 Å². The summed E-state index contributed by atoms with van der Waals surface area (Å²) in [4.78, 5) is 2.56. The zero-order valence-corrected chi connectivity index (χ0v) is 16.0. The van der Waals surface area contributed by atoms with Crippen molar-refractivity contribution in [1.29, 1.82) is 0 Å². The SMILES string of the molecule is CCOc1c(Br)cc(Br)cc1CNCC1CCCN1CC. The average Bonchev–Trinajstić information content (AvgIpc) is 2.90. The summed E-state index contributed by atoms with van der Waals surface area (Å²) in [6.07, 6.45) is 2.63. The van der Waals surface area contributed by atoms with E-state index in [0.29, 0.717) is 12.6 Å². The molecule has 0 aliphatic carbocycles. The van der Waals surface area contributed by atoms with Gasteiger partial charge < -0.3 is 10.1 Å². The van der Waals surface area contributed by atoms with E-state index in [9.17, 15) is 0 Å². The molecule has 1 saturated heterocycles. The number of nitrogens with zero attached hydrogens (tertiary/aromatic N) is 1. The maximum atomic E-state index is 5.77. The van der Waals surface area contributed by atoms with Crippen molar-refractivity contribution >= 4 is 31.9 Å². The molecule has 0 aromatic heterocycles. The van der Waals surface area contributed by atoms with Crippen molar-refractivity contribution in [3.05, 3.63) is 26.6 Å². The van der Waals surface area contributed by atoms with Crippen molar-refractivity contribution in [3.63, 3.8) is 0 Å². The fraction of sp³-hybridized carbons (Fsp3) is 0.625. The van der Waals surface area contributed by atoms with Crippen molar-refractivity contribution in [2.75, 3.05) is 26.2 Å². The Hall–Kier alpha value is -0.100. The molecule has 1 aliphatic rings. The van der Waals surface area contributed by atoms with Gasteiger partial charge in [-0.15, -0.1) is 0 Å². The highest BCUT2D eigenvalue weighted by Crippen LogP contribution is 2.33. The maximum absolute atomic E-state index is 5.77. The van der Waals surface area contributed by atoms with E-state index in [-0.39, 0.29) is 0 Å². The number of halogens is 2. The van der Waals surface area contributed by atoms with Gasteiger partial charge in [-0.1, -0.05) is 22.9 Å². The fourth-order valence-corrected chi connectivity index (χ4v) is 4.40. The van der Waals surface area contributed by atoms with Crippen molar-refractivity contribution in [1.82, 2.24) is 10.2 Å². The summed E-state index contributed by atoms with van der Waals surface area (Å²) >= 11 is 7.14. The minimum atomic E-state index is 0.680. The Morgan fingerprint density at radius 1 is 1.33 bits per heavy atom. The summed E-state index contributed by atoms with van der Waals surface area (Å²) in [5, 5.41) is 3.60. The van der Waals surface area contributed by atoms with Gasteiger partial charge >= 0.3 is 0 Å². The standard InChI is InChI=1S/C16H24Br2N2O/c1-3-20-7-5-6-14(20)11-19-10-12-8-13(17)9-15(18)16(12)21-4-2/h8-9,14,19H,3-7,10-11H2,1-2H3. The largest absolute Gasteiger partial charge is 0.492 e. The molecule has 0 radical (unpaired) electrons. The highest BCUT2D eigenvalue weighted by atomic mass is 79.9. The fourth-order valence-electron chi connectivity index (χ4n) is 2.97. The summed E-state index contributed by atoms with van der Waals surface area (Å²) in [6.45, 7) is 9.22. The smallest absolute Gasteiger partial charge is 0.138 e. The lowest BCUT2D eigenvalue weighted by Crippen LogP contribution is -2.37. The van der Waals surface area contributed by atoms with Crippen LogP contribution in [0.4, 0.5) is 0 Å². The molecule has 1 aromatic rings. The zero-order valence-electron chi connectivity index (χ0n) is 12.8. The third-order valence-corrected chi connectivity index (χ3v) is 5.02. The molecule has 0 saturated carbocycles. The monoisotopic (exact) mass is 418 g/mol. The van der Waals surface area contributed by atoms with E-state index >= 15 is 0 Å². The summed E-state index contributed by atoms with van der Waals surface area (Å²) in [6, 6.07) is 4.85. The molecule has 118 valence electrons. The zero-order chi connectivity index (χ0) is 15.2. The number of benzene rings is 1. The van der Waals surface area contributed by atoms with Crippen LogP contribution in [0.15, 0.2) is 21.1 Å². The molecular formula is C16H24Br2N2O. The Morgan fingerprint density at radius 2 is 2.14 bits per heavy atom. The Bertz CT molecular complexity index is 468. The van der Waals surface area contributed by atoms with Gasteiger partial charge in [-0.25, -0.2) is 0 Å². The first-order chi connectivity index (χ1) is 10.2. The van der Waals surface area contributed by atoms with Crippen LogP contribution in [-0.4, -0.2) is 37.2 Å². The lowest BCUT2D eigenvalue weighted by atomic mass is 10.2. The lowest BCUT2D eigenvalue weighted by molar-refractivity contribution is 0.259. The van der Waals surface area contributed by atoms with E-state index in [1.54, 1.807) is 0 Å². The summed E-state index contributed by atoms with van der Waals surface area (Å²) in [7, 11) is 0. The number of nitrogens with one attached hydrogen (secondary N) is 1. The molecule has 2 rings (SSSR count). The predicted octanol–water partition coefficient (Wildman–Crippen LogP) is 4.18. The van der Waals surface area contributed by atoms with Crippen LogP contribution >= 0.6 is 31.9 Å². The second-order valence-electron chi connectivity index (χ2n) is 5.36. The van der Waals surface area contributed by atoms with Crippen LogP contribution in [0.1, 0.15) is 32.3 Å². The van der Waals surface area contributed by atoms with Crippen LogP contribution in [0.5, 0.6) is 5.75 Å². The number of hydrogen-bond donors (Lipinski definition) is 1. The molecule has 1 atom stereocenters. The molecule has 0 spiro atoms. The van der Waals surface area contributed by atoms with E-state index in [0.717, 1.165) is 34.3 Å². The van der Waals surface area contributed by atoms with Gasteiger partial charge in [0.25, 0.3) is 0 Å². The van der Waals surface area contributed by atoms with Crippen LogP contribution in [0, 0.1) is 0 Å². The van der Waals surface area contributed by atoms with Crippen LogP contribution < -0.4 is 10.1 Å². The molecule has 1 N–H and O–H groups in total. The third kappa shape index (κ3) is 4.68. The Balaban J connectivity index is 1.96. The molecule has 5 heteroatoms. The number of likely N-dealkylation sites (tertiary alicyclic amines) is 1. The van der Waals surface area contributed by atoms with Gasteiger partial charge in [0.05, 0.1) is 11.1 Å². The molecule has 1 aromatic carbocycles. The molecule has 1 unspecified atom stereocenters. The first-order valence-corrected chi connectivity index (χ1v) is 9.29. The van der Waals surface area contributed by atoms with Gasteiger partial charge in [-0.3, -0.25) is 4.90 Å².